The van der Waals surface area contributed by atoms with Gasteiger partial charge in [-0.2, -0.15) is 0 Å². The van der Waals surface area contributed by atoms with Crippen molar-refractivity contribution in [2.45, 2.75) is 0 Å². The number of nitrogens with one attached hydrogen (secondary N) is 2. The van der Waals surface area contributed by atoms with E-state index in [2.05, 4.69) is 16.0 Å². The van der Waals surface area contributed by atoms with Crippen LogP contribution in [0.1, 0.15) is 5.56 Å². The smallest absolute Gasteiger partial charge is 0.233 e. The van der Waals surface area contributed by atoms with E-state index in [0.29, 0.717) is 17.8 Å². The van der Waals surface area contributed by atoms with E-state index in [0.717, 1.165) is 0 Å². The Hall–Kier alpha value is -1.51. The molecule has 0 aliphatic heterocycles. The quantitative estimate of drug-likeness (QED) is 0.740. The maximum atomic E-state index is 11.6. The van der Waals surface area contributed by atoms with Gasteiger partial charge >= 0.3 is 0 Å². The summed E-state index contributed by atoms with van der Waals surface area (Å²) in [6, 6.07) is 6.74. The number of hydrogen-bond donors (Lipinski definition) is 2. The molecule has 0 fully saturated rings. The number of hydrogen-bond acceptors (Lipinski definition) is 3. The maximum Gasteiger partial charge on any atom is 0.233 e. The Morgan fingerprint density at radius 3 is 2.81 bits per heavy atom. The van der Waals surface area contributed by atoms with Crippen molar-refractivity contribution in [1.82, 2.24) is 5.32 Å². The third-order valence-corrected chi connectivity index (χ3v) is 3.21. The van der Waals surface area contributed by atoms with Crippen LogP contribution in [0.5, 0.6) is 0 Å². The topological polar surface area (TPSA) is 58.2 Å². The molecule has 0 aliphatic carbocycles. The molecule has 1 aromatic rings. The number of anilines is 1. The summed E-state index contributed by atoms with van der Waals surface area (Å²) in [6.45, 7) is 0.407. The van der Waals surface area contributed by atoms with Crippen molar-refractivity contribution in [2.75, 3.05) is 24.1 Å². The molecule has 0 radical (unpaired) electrons. The highest BCUT2D eigenvalue weighted by Gasteiger charge is 2.09. The summed E-state index contributed by atoms with van der Waals surface area (Å²) in [4.78, 5) is 0. The molecule has 1 aromatic carbocycles. The highest BCUT2D eigenvalue weighted by Crippen LogP contribution is 2.11. The van der Waals surface area contributed by atoms with E-state index in [1.165, 1.54) is 0 Å². The zero-order valence-corrected chi connectivity index (χ0v) is 9.84. The average molecular weight is 238 g/mol. The second kappa shape index (κ2) is 5.54. The molecule has 0 unspecified atom stereocenters. The summed E-state index contributed by atoms with van der Waals surface area (Å²) in [7, 11) is -1.60. The van der Waals surface area contributed by atoms with Gasteiger partial charge in [0.2, 0.25) is 10.0 Å². The molecule has 0 amide bonds. The summed E-state index contributed by atoms with van der Waals surface area (Å²) >= 11 is 0. The molecule has 2 N–H and O–H groups in total. The first-order chi connectivity index (χ1) is 7.57. The van der Waals surface area contributed by atoms with Gasteiger partial charge in [-0.05, 0) is 25.2 Å². The average Bonchev–Trinajstić information content (AvgIpc) is 2.26. The minimum absolute atomic E-state index is 0.0315. The molecule has 0 aliphatic rings. The Morgan fingerprint density at radius 2 is 2.19 bits per heavy atom. The van der Waals surface area contributed by atoms with Crippen LogP contribution in [-0.2, 0) is 10.0 Å². The fraction of sp³-hybridized carbons (Fsp3) is 0.273. The van der Waals surface area contributed by atoms with Gasteiger partial charge in [-0.25, -0.2) is 8.42 Å². The van der Waals surface area contributed by atoms with Gasteiger partial charge in [0.05, 0.1) is 5.75 Å². The van der Waals surface area contributed by atoms with Gasteiger partial charge in [-0.1, -0.05) is 12.0 Å². The molecule has 0 spiro atoms. The molecule has 0 saturated carbocycles. The predicted molar refractivity (Wildman–Crippen MR) is 65.7 cm³/mol. The van der Waals surface area contributed by atoms with Crippen LogP contribution < -0.4 is 10.0 Å². The van der Waals surface area contributed by atoms with Crippen LogP contribution in [0.4, 0.5) is 5.69 Å². The van der Waals surface area contributed by atoms with Gasteiger partial charge in [0.1, 0.15) is 0 Å². The fourth-order valence-corrected chi connectivity index (χ4v) is 2.20. The normalized spacial score (nSPS) is 10.8. The van der Waals surface area contributed by atoms with Crippen molar-refractivity contribution in [3.05, 3.63) is 29.8 Å². The molecule has 0 aromatic heterocycles. The van der Waals surface area contributed by atoms with Crippen molar-refractivity contribution in [1.29, 1.82) is 0 Å². The molecule has 0 atom stereocenters. The van der Waals surface area contributed by atoms with Crippen molar-refractivity contribution in [3.63, 3.8) is 0 Å². The van der Waals surface area contributed by atoms with Crippen LogP contribution in [0, 0.1) is 12.3 Å². The van der Waals surface area contributed by atoms with Crippen molar-refractivity contribution >= 4 is 15.7 Å². The molecule has 1 rings (SSSR count). The van der Waals surface area contributed by atoms with Gasteiger partial charge in [0, 0.05) is 17.8 Å². The second-order valence-corrected chi connectivity index (χ2v) is 5.09. The molecule has 86 valence electrons. The molecule has 0 bridgehead atoms. The molecule has 4 nitrogen and oxygen atoms in total. The minimum Gasteiger partial charge on any atom is -0.319 e. The Kier molecular flexibility index (Phi) is 4.35. The first-order valence-electron chi connectivity index (χ1n) is 4.79. The van der Waals surface area contributed by atoms with E-state index < -0.39 is 10.0 Å². The van der Waals surface area contributed by atoms with Crippen molar-refractivity contribution < 1.29 is 8.42 Å². The van der Waals surface area contributed by atoms with Crippen molar-refractivity contribution in [2.24, 2.45) is 0 Å². The van der Waals surface area contributed by atoms with E-state index in [-0.39, 0.29) is 5.75 Å². The summed E-state index contributed by atoms with van der Waals surface area (Å²) in [6.07, 6.45) is 5.23. The fourth-order valence-electron chi connectivity index (χ4n) is 1.14. The van der Waals surface area contributed by atoms with Crippen molar-refractivity contribution in [3.8, 4) is 12.3 Å². The van der Waals surface area contributed by atoms with Crippen LogP contribution in [0.15, 0.2) is 24.3 Å². The lowest BCUT2D eigenvalue weighted by molar-refractivity contribution is 0.599. The van der Waals surface area contributed by atoms with Crippen LogP contribution in [0.25, 0.3) is 0 Å². The Labute approximate surface area is 96.1 Å². The van der Waals surface area contributed by atoms with E-state index in [1.54, 1.807) is 31.3 Å². The Balaban J connectivity index is 2.77. The summed E-state index contributed by atoms with van der Waals surface area (Å²) in [5.41, 5.74) is 1.14. The Bertz CT molecular complexity index is 489. The highest BCUT2D eigenvalue weighted by atomic mass is 32.2. The van der Waals surface area contributed by atoms with Crippen LogP contribution in [-0.4, -0.2) is 27.8 Å². The SMILES string of the molecule is C#Cc1cccc(NS(=O)(=O)CCNC)c1. The van der Waals surface area contributed by atoms with E-state index >= 15 is 0 Å². The van der Waals surface area contributed by atoms with Crippen LogP contribution in [0.3, 0.4) is 0 Å². The maximum absolute atomic E-state index is 11.6. The first kappa shape index (κ1) is 12.6. The molecular weight excluding hydrogens is 224 g/mol. The predicted octanol–water partition coefficient (Wildman–Crippen LogP) is 0.629. The largest absolute Gasteiger partial charge is 0.319 e. The molecular formula is C11H14N2O2S. The number of benzene rings is 1. The standard InChI is InChI=1S/C11H14N2O2S/c1-3-10-5-4-6-11(9-10)13-16(14,15)8-7-12-2/h1,4-6,9,12-13H,7-8H2,2H3. The van der Waals surface area contributed by atoms with Gasteiger partial charge in [0.25, 0.3) is 0 Å². The lowest BCUT2D eigenvalue weighted by Gasteiger charge is -2.07. The van der Waals surface area contributed by atoms with Gasteiger partial charge in [0.15, 0.2) is 0 Å². The zero-order chi connectivity index (χ0) is 12.0. The number of sulfonamides is 1. The lowest BCUT2D eigenvalue weighted by Crippen LogP contribution is -2.24. The van der Waals surface area contributed by atoms with Gasteiger partial charge < -0.3 is 5.32 Å². The second-order valence-electron chi connectivity index (χ2n) is 3.25. The monoisotopic (exact) mass is 238 g/mol. The first-order valence-corrected chi connectivity index (χ1v) is 6.44. The molecule has 0 saturated heterocycles. The molecule has 0 heterocycles. The van der Waals surface area contributed by atoms with E-state index in [1.807, 2.05) is 0 Å². The van der Waals surface area contributed by atoms with Crippen LogP contribution in [0.2, 0.25) is 0 Å². The molecule has 5 heteroatoms. The Morgan fingerprint density at radius 1 is 1.44 bits per heavy atom. The summed E-state index contributed by atoms with van der Waals surface area (Å²) < 4.78 is 25.6. The van der Waals surface area contributed by atoms with E-state index in [4.69, 9.17) is 6.42 Å². The van der Waals surface area contributed by atoms with Crippen LogP contribution >= 0.6 is 0 Å². The number of rotatable bonds is 5. The van der Waals surface area contributed by atoms with Gasteiger partial charge in [-0.3, -0.25) is 4.72 Å². The highest BCUT2D eigenvalue weighted by molar-refractivity contribution is 7.92. The third kappa shape index (κ3) is 3.93. The zero-order valence-electron chi connectivity index (χ0n) is 9.03. The summed E-state index contributed by atoms with van der Waals surface area (Å²) in [5.74, 6) is 2.48. The van der Waals surface area contributed by atoms with Gasteiger partial charge in [-0.15, -0.1) is 6.42 Å². The summed E-state index contributed by atoms with van der Waals surface area (Å²) in [5, 5.41) is 2.78. The lowest BCUT2D eigenvalue weighted by atomic mass is 10.2. The van der Waals surface area contributed by atoms with E-state index in [9.17, 15) is 8.42 Å². The third-order valence-electron chi connectivity index (χ3n) is 1.92. The minimum atomic E-state index is -3.30. The number of terminal acetylenes is 1. The molecule has 16 heavy (non-hydrogen) atoms.